The summed E-state index contributed by atoms with van der Waals surface area (Å²) in [5, 5.41) is 15.9. The molecule has 0 saturated carbocycles. The minimum Gasteiger partial charge on any atom is -0.476 e. The third-order valence-electron chi connectivity index (χ3n) is 4.33. The number of Topliss-reactive ketones (excluding diaryl/α,β-unsaturated/α-hetero) is 1. The summed E-state index contributed by atoms with van der Waals surface area (Å²) in [4.78, 5) is 37.4. The van der Waals surface area contributed by atoms with Gasteiger partial charge in [0.15, 0.2) is 11.5 Å². The van der Waals surface area contributed by atoms with Gasteiger partial charge in [0.2, 0.25) is 5.91 Å². The van der Waals surface area contributed by atoms with Crippen LogP contribution in [-0.2, 0) is 11.3 Å². The lowest BCUT2D eigenvalue weighted by atomic mass is 9.90. The van der Waals surface area contributed by atoms with Crippen molar-refractivity contribution in [2.24, 2.45) is 5.92 Å². The molecule has 1 atom stereocenters. The normalized spacial score (nSPS) is 17.1. The van der Waals surface area contributed by atoms with Crippen molar-refractivity contribution >= 4 is 17.7 Å². The van der Waals surface area contributed by atoms with Crippen LogP contribution in [0.5, 0.6) is 0 Å². The van der Waals surface area contributed by atoms with Crippen LogP contribution < -0.4 is 0 Å². The molecular formula is C17H17FN4O4. The molecule has 1 fully saturated rings. The van der Waals surface area contributed by atoms with E-state index in [0.29, 0.717) is 24.9 Å². The molecule has 2 aromatic rings. The van der Waals surface area contributed by atoms with Crippen molar-refractivity contribution in [2.75, 3.05) is 13.1 Å². The first-order chi connectivity index (χ1) is 12.4. The average molecular weight is 360 g/mol. The number of amides is 1. The summed E-state index contributed by atoms with van der Waals surface area (Å²) in [6.45, 7) is 0.653. The van der Waals surface area contributed by atoms with Crippen LogP contribution in [0.4, 0.5) is 4.39 Å². The minimum atomic E-state index is -1.22. The Morgan fingerprint density at radius 3 is 2.62 bits per heavy atom. The minimum absolute atomic E-state index is 0.114. The standard InChI is InChI=1S/C17H17FN4O4/c18-13-5-3-11(4-6-13)16(24)12-2-1-7-21(8-12)15(23)10-22-9-14(17(25)26)19-20-22/h3-6,9,12H,1-2,7-8,10H2,(H,25,26). The highest BCUT2D eigenvalue weighted by Crippen LogP contribution is 2.21. The number of carbonyl (C=O) groups is 3. The molecule has 1 unspecified atom stereocenters. The van der Waals surface area contributed by atoms with Crippen LogP contribution in [0.1, 0.15) is 33.7 Å². The first kappa shape index (κ1) is 17.7. The predicted octanol–water partition coefficient (Wildman–Crippen LogP) is 1.24. The van der Waals surface area contributed by atoms with E-state index in [0.717, 1.165) is 4.68 Å². The molecule has 136 valence electrons. The Balaban J connectivity index is 1.63. The van der Waals surface area contributed by atoms with Crippen molar-refractivity contribution in [1.82, 2.24) is 19.9 Å². The van der Waals surface area contributed by atoms with E-state index in [4.69, 9.17) is 5.11 Å². The number of piperidine rings is 1. The third-order valence-corrected chi connectivity index (χ3v) is 4.33. The van der Waals surface area contributed by atoms with Crippen LogP contribution in [0.3, 0.4) is 0 Å². The molecule has 1 amide bonds. The molecule has 1 aliphatic heterocycles. The number of carboxylic acid groups (broad SMARTS) is 1. The van der Waals surface area contributed by atoms with Crippen LogP contribution in [0.2, 0.25) is 0 Å². The molecule has 2 heterocycles. The molecule has 1 aromatic heterocycles. The van der Waals surface area contributed by atoms with E-state index in [9.17, 15) is 18.8 Å². The van der Waals surface area contributed by atoms with E-state index in [1.54, 1.807) is 4.90 Å². The summed E-state index contributed by atoms with van der Waals surface area (Å²) < 4.78 is 14.2. The Hall–Kier alpha value is -3.10. The van der Waals surface area contributed by atoms with Gasteiger partial charge in [0.25, 0.3) is 0 Å². The molecule has 3 rings (SSSR count). The van der Waals surface area contributed by atoms with Crippen molar-refractivity contribution < 1.29 is 23.9 Å². The quantitative estimate of drug-likeness (QED) is 0.804. The number of aromatic carboxylic acids is 1. The highest BCUT2D eigenvalue weighted by molar-refractivity contribution is 5.98. The number of aromatic nitrogens is 3. The van der Waals surface area contributed by atoms with Crippen LogP contribution >= 0.6 is 0 Å². The maximum absolute atomic E-state index is 13.0. The Kier molecular flexibility index (Phi) is 5.06. The molecule has 8 nitrogen and oxygen atoms in total. The molecule has 1 aliphatic rings. The van der Waals surface area contributed by atoms with Gasteiger partial charge in [0.1, 0.15) is 12.4 Å². The fourth-order valence-electron chi connectivity index (χ4n) is 2.98. The lowest BCUT2D eigenvalue weighted by molar-refractivity contribution is -0.133. The van der Waals surface area contributed by atoms with E-state index < -0.39 is 11.8 Å². The molecular weight excluding hydrogens is 343 g/mol. The number of hydrogen-bond donors (Lipinski definition) is 1. The maximum atomic E-state index is 13.0. The number of benzene rings is 1. The molecule has 1 saturated heterocycles. The zero-order valence-corrected chi connectivity index (χ0v) is 13.8. The van der Waals surface area contributed by atoms with Gasteiger partial charge in [0, 0.05) is 24.6 Å². The van der Waals surface area contributed by atoms with Gasteiger partial charge in [-0.05, 0) is 37.1 Å². The highest BCUT2D eigenvalue weighted by atomic mass is 19.1. The second kappa shape index (κ2) is 7.42. The second-order valence-corrected chi connectivity index (χ2v) is 6.16. The summed E-state index contributed by atoms with van der Waals surface area (Å²) in [5.74, 6) is -2.34. The number of ketones is 1. The van der Waals surface area contributed by atoms with Gasteiger partial charge in [-0.15, -0.1) is 5.10 Å². The number of carboxylic acids is 1. The van der Waals surface area contributed by atoms with E-state index >= 15 is 0 Å². The van der Waals surface area contributed by atoms with Crippen molar-refractivity contribution in [3.63, 3.8) is 0 Å². The van der Waals surface area contributed by atoms with Gasteiger partial charge in [-0.3, -0.25) is 9.59 Å². The number of carbonyl (C=O) groups excluding carboxylic acids is 2. The summed E-state index contributed by atoms with van der Waals surface area (Å²) in [6.07, 6.45) is 2.53. The van der Waals surface area contributed by atoms with Crippen LogP contribution in [0, 0.1) is 11.7 Å². The second-order valence-electron chi connectivity index (χ2n) is 6.16. The lowest BCUT2D eigenvalue weighted by Gasteiger charge is -2.32. The SMILES string of the molecule is O=C(O)c1cn(CC(=O)N2CCCC(C(=O)c3ccc(F)cc3)C2)nn1. The van der Waals surface area contributed by atoms with Crippen molar-refractivity contribution in [3.8, 4) is 0 Å². The van der Waals surface area contributed by atoms with E-state index in [1.165, 1.54) is 30.5 Å². The molecule has 0 aliphatic carbocycles. The number of nitrogens with zero attached hydrogens (tertiary/aromatic N) is 4. The van der Waals surface area contributed by atoms with Crippen molar-refractivity contribution in [3.05, 3.63) is 47.5 Å². The summed E-state index contributed by atoms with van der Waals surface area (Å²) >= 11 is 0. The van der Waals surface area contributed by atoms with Gasteiger partial charge in [-0.1, -0.05) is 5.21 Å². The molecule has 1 N–H and O–H groups in total. The zero-order chi connectivity index (χ0) is 18.7. The molecule has 9 heteroatoms. The van der Waals surface area contributed by atoms with Gasteiger partial charge in [0.05, 0.1) is 6.20 Å². The molecule has 26 heavy (non-hydrogen) atoms. The molecule has 0 bridgehead atoms. The predicted molar refractivity (Wildman–Crippen MR) is 87.0 cm³/mol. The molecule has 1 aromatic carbocycles. The lowest BCUT2D eigenvalue weighted by Crippen LogP contribution is -2.43. The van der Waals surface area contributed by atoms with Gasteiger partial charge >= 0.3 is 5.97 Å². The molecule has 0 spiro atoms. The Bertz CT molecular complexity index is 834. The first-order valence-corrected chi connectivity index (χ1v) is 8.15. The third kappa shape index (κ3) is 3.93. The van der Waals surface area contributed by atoms with E-state index in [-0.39, 0.29) is 36.4 Å². The van der Waals surface area contributed by atoms with Crippen LogP contribution in [0.15, 0.2) is 30.5 Å². The van der Waals surface area contributed by atoms with Gasteiger partial charge < -0.3 is 10.0 Å². The fraction of sp³-hybridized carbons (Fsp3) is 0.353. The van der Waals surface area contributed by atoms with E-state index in [2.05, 4.69) is 10.3 Å². The number of likely N-dealkylation sites (tertiary alicyclic amines) is 1. The Morgan fingerprint density at radius 1 is 1.23 bits per heavy atom. The Morgan fingerprint density at radius 2 is 1.96 bits per heavy atom. The first-order valence-electron chi connectivity index (χ1n) is 8.15. The largest absolute Gasteiger partial charge is 0.476 e. The van der Waals surface area contributed by atoms with Gasteiger partial charge in [-0.25, -0.2) is 13.9 Å². The number of rotatable bonds is 5. The Labute approximate surface area is 148 Å². The average Bonchev–Trinajstić information content (AvgIpc) is 3.11. The van der Waals surface area contributed by atoms with Gasteiger partial charge in [-0.2, -0.15) is 0 Å². The summed E-state index contributed by atoms with van der Waals surface area (Å²) in [7, 11) is 0. The van der Waals surface area contributed by atoms with Crippen molar-refractivity contribution in [1.29, 1.82) is 0 Å². The van der Waals surface area contributed by atoms with Crippen LogP contribution in [-0.4, -0.2) is 55.7 Å². The zero-order valence-electron chi connectivity index (χ0n) is 13.8. The smallest absolute Gasteiger partial charge is 0.358 e. The maximum Gasteiger partial charge on any atom is 0.358 e. The molecule has 0 radical (unpaired) electrons. The topological polar surface area (TPSA) is 105 Å². The van der Waals surface area contributed by atoms with Crippen LogP contribution in [0.25, 0.3) is 0 Å². The van der Waals surface area contributed by atoms with Crippen molar-refractivity contribution in [2.45, 2.75) is 19.4 Å². The highest BCUT2D eigenvalue weighted by Gasteiger charge is 2.29. The summed E-state index contributed by atoms with van der Waals surface area (Å²) in [6, 6.07) is 5.37. The number of hydrogen-bond acceptors (Lipinski definition) is 5. The number of halogens is 1. The monoisotopic (exact) mass is 360 g/mol. The fourth-order valence-corrected chi connectivity index (χ4v) is 2.98. The summed E-state index contributed by atoms with van der Waals surface area (Å²) in [5.41, 5.74) is 0.189. The van der Waals surface area contributed by atoms with E-state index in [1.807, 2.05) is 0 Å².